The standard InChI is InChI=1S/C35H59BrO3Si/c1-24(16-14-17-25(2)19-20-30(37)34(9,10)36)18-15-22-35(11)23-21-29-28(5)31(26(3)27(4)32(29)38-35)39-40(12,13)33(6,7)8/h17-18,30,37H,14-16,19-23H2,1-13H3/b24-18+,25-17+. The van der Waals surface area contributed by atoms with E-state index in [9.17, 15) is 5.11 Å². The first kappa shape index (κ1) is 35.2. The van der Waals surface area contributed by atoms with Gasteiger partial charge in [0.25, 0.3) is 8.32 Å². The summed E-state index contributed by atoms with van der Waals surface area (Å²) < 4.78 is 13.5. The fourth-order valence-corrected chi connectivity index (χ4v) is 6.45. The lowest BCUT2D eigenvalue weighted by Crippen LogP contribution is -2.44. The number of hydrogen-bond acceptors (Lipinski definition) is 3. The first-order valence-corrected chi connectivity index (χ1v) is 19.1. The molecule has 1 aliphatic heterocycles. The molecule has 2 atom stereocenters. The topological polar surface area (TPSA) is 38.7 Å². The quantitative estimate of drug-likeness (QED) is 0.141. The number of alkyl halides is 1. The van der Waals surface area contributed by atoms with E-state index in [1.807, 2.05) is 13.8 Å². The van der Waals surface area contributed by atoms with Gasteiger partial charge in [0.2, 0.25) is 0 Å². The van der Waals surface area contributed by atoms with Crippen LogP contribution in [0.2, 0.25) is 18.1 Å². The van der Waals surface area contributed by atoms with E-state index in [-0.39, 0.29) is 21.1 Å². The molecular formula is C35H59BrO3Si. The second kappa shape index (κ2) is 13.5. The van der Waals surface area contributed by atoms with Crippen LogP contribution in [0.5, 0.6) is 11.5 Å². The Labute approximate surface area is 256 Å². The van der Waals surface area contributed by atoms with Gasteiger partial charge in [-0.2, -0.15) is 0 Å². The van der Waals surface area contributed by atoms with Crippen LogP contribution in [0.3, 0.4) is 0 Å². The van der Waals surface area contributed by atoms with Crippen molar-refractivity contribution in [2.45, 2.75) is 162 Å². The number of fused-ring (bicyclic) bond motifs is 1. The first-order valence-electron chi connectivity index (χ1n) is 15.4. The Morgan fingerprint density at radius 3 is 2.15 bits per heavy atom. The van der Waals surface area contributed by atoms with Gasteiger partial charge in [0.05, 0.1) is 6.10 Å². The molecule has 0 aliphatic carbocycles. The van der Waals surface area contributed by atoms with E-state index < -0.39 is 8.32 Å². The van der Waals surface area contributed by atoms with Crippen molar-refractivity contribution in [2.75, 3.05) is 0 Å². The van der Waals surface area contributed by atoms with Crippen LogP contribution in [0.4, 0.5) is 0 Å². The van der Waals surface area contributed by atoms with Gasteiger partial charge in [-0.25, -0.2) is 0 Å². The Hall–Kier alpha value is -1.04. The maximum atomic E-state index is 10.3. The summed E-state index contributed by atoms with van der Waals surface area (Å²) in [6.45, 7) is 29.0. The highest BCUT2D eigenvalue weighted by molar-refractivity contribution is 9.10. The van der Waals surface area contributed by atoms with Gasteiger partial charge in [0.1, 0.15) is 17.1 Å². The Morgan fingerprint density at radius 2 is 1.57 bits per heavy atom. The predicted octanol–water partition coefficient (Wildman–Crippen LogP) is 10.8. The van der Waals surface area contributed by atoms with Crippen molar-refractivity contribution >= 4 is 24.2 Å². The second-order valence-electron chi connectivity index (χ2n) is 14.7. The summed E-state index contributed by atoms with van der Waals surface area (Å²) in [5, 5.41) is 10.4. The lowest BCUT2D eigenvalue weighted by molar-refractivity contribution is 0.0559. The molecule has 0 fully saturated rings. The zero-order valence-corrected chi connectivity index (χ0v) is 30.6. The predicted molar refractivity (Wildman–Crippen MR) is 180 cm³/mol. The van der Waals surface area contributed by atoms with Crippen LogP contribution in [-0.4, -0.2) is 29.5 Å². The van der Waals surface area contributed by atoms with E-state index in [4.69, 9.17) is 9.16 Å². The number of ether oxygens (including phenoxy) is 1. The summed E-state index contributed by atoms with van der Waals surface area (Å²) in [5.74, 6) is 2.20. The van der Waals surface area contributed by atoms with Gasteiger partial charge in [-0.15, -0.1) is 0 Å². The van der Waals surface area contributed by atoms with Crippen molar-refractivity contribution in [1.82, 2.24) is 0 Å². The number of hydrogen-bond donors (Lipinski definition) is 1. The van der Waals surface area contributed by atoms with Crippen molar-refractivity contribution in [3.05, 3.63) is 45.6 Å². The maximum absolute atomic E-state index is 10.3. The van der Waals surface area contributed by atoms with Crippen LogP contribution >= 0.6 is 15.9 Å². The second-order valence-corrected chi connectivity index (χ2v) is 21.5. The Morgan fingerprint density at radius 1 is 1.00 bits per heavy atom. The van der Waals surface area contributed by atoms with Crippen LogP contribution < -0.4 is 9.16 Å². The van der Waals surface area contributed by atoms with E-state index in [1.54, 1.807) is 0 Å². The van der Waals surface area contributed by atoms with Crippen molar-refractivity contribution in [3.8, 4) is 11.5 Å². The zero-order valence-electron chi connectivity index (χ0n) is 28.0. The van der Waals surface area contributed by atoms with E-state index in [0.29, 0.717) is 0 Å². The largest absolute Gasteiger partial charge is 0.543 e. The molecule has 1 aromatic carbocycles. The summed E-state index contributed by atoms with van der Waals surface area (Å²) in [5.41, 5.74) is 7.75. The van der Waals surface area contributed by atoms with E-state index in [1.165, 1.54) is 33.4 Å². The smallest absolute Gasteiger partial charge is 0.250 e. The molecule has 228 valence electrons. The molecule has 0 saturated heterocycles. The number of aliphatic hydroxyl groups is 1. The van der Waals surface area contributed by atoms with Gasteiger partial charge in [0, 0.05) is 9.89 Å². The lowest BCUT2D eigenvalue weighted by atomic mass is 9.85. The van der Waals surface area contributed by atoms with E-state index in [0.717, 1.165) is 62.9 Å². The third-order valence-corrected chi connectivity index (χ3v) is 14.4. The monoisotopic (exact) mass is 634 g/mol. The zero-order chi connectivity index (χ0) is 30.7. The molecule has 0 bridgehead atoms. The molecule has 40 heavy (non-hydrogen) atoms. The molecule has 1 heterocycles. The van der Waals surface area contributed by atoms with Crippen LogP contribution in [-0.2, 0) is 6.42 Å². The Kier molecular flexibility index (Phi) is 11.9. The van der Waals surface area contributed by atoms with E-state index in [2.05, 4.69) is 103 Å². The third-order valence-electron chi connectivity index (χ3n) is 9.53. The number of benzene rings is 1. The molecule has 0 amide bonds. The molecule has 2 unspecified atom stereocenters. The number of allylic oxidation sites excluding steroid dienone is 4. The van der Waals surface area contributed by atoms with Gasteiger partial charge in [-0.05, 0) is 142 Å². The fourth-order valence-electron chi connectivity index (χ4n) is 5.10. The van der Waals surface area contributed by atoms with Gasteiger partial charge in [0.15, 0.2) is 0 Å². The van der Waals surface area contributed by atoms with Crippen molar-refractivity contribution in [2.24, 2.45) is 0 Å². The molecule has 5 heteroatoms. The summed E-state index contributed by atoms with van der Waals surface area (Å²) in [6.07, 6.45) is 12.4. The normalized spacial score (nSPS) is 19.8. The molecule has 1 aromatic rings. The minimum atomic E-state index is -1.93. The number of rotatable bonds is 12. The summed E-state index contributed by atoms with van der Waals surface area (Å²) in [4.78, 5) is 0. The Balaban J connectivity index is 2.00. The summed E-state index contributed by atoms with van der Waals surface area (Å²) in [7, 11) is -1.93. The summed E-state index contributed by atoms with van der Waals surface area (Å²) >= 11 is 3.57. The minimum Gasteiger partial charge on any atom is -0.543 e. The molecule has 2 rings (SSSR count). The molecule has 1 aliphatic rings. The van der Waals surface area contributed by atoms with Gasteiger partial charge < -0.3 is 14.3 Å². The highest BCUT2D eigenvalue weighted by Crippen LogP contribution is 2.47. The van der Waals surface area contributed by atoms with Crippen LogP contribution in [0.1, 0.15) is 123 Å². The first-order chi connectivity index (χ1) is 18.2. The van der Waals surface area contributed by atoms with Crippen molar-refractivity contribution in [3.63, 3.8) is 0 Å². The lowest BCUT2D eigenvalue weighted by Gasteiger charge is -2.41. The molecule has 0 saturated carbocycles. The number of halogens is 1. The van der Waals surface area contributed by atoms with Gasteiger partial charge >= 0.3 is 0 Å². The SMILES string of the molecule is C/C(=C\CCC1(C)CCc2c(C)c(O[Si](C)(C)C(C)(C)C)c(C)c(C)c2O1)CC/C=C(\C)CCC(O)C(C)(C)Br. The average molecular weight is 636 g/mol. The van der Waals surface area contributed by atoms with Crippen molar-refractivity contribution < 1.29 is 14.3 Å². The molecule has 0 aromatic heterocycles. The highest BCUT2D eigenvalue weighted by Gasteiger charge is 2.41. The summed E-state index contributed by atoms with van der Waals surface area (Å²) in [6, 6.07) is 0. The third kappa shape index (κ3) is 9.23. The molecule has 0 spiro atoms. The van der Waals surface area contributed by atoms with E-state index >= 15 is 0 Å². The van der Waals surface area contributed by atoms with Gasteiger partial charge in [-0.3, -0.25) is 0 Å². The van der Waals surface area contributed by atoms with Crippen LogP contribution in [0.15, 0.2) is 23.3 Å². The molecule has 0 radical (unpaired) electrons. The maximum Gasteiger partial charge on any atom is 0.250 e. The van der Waals surface area contributed by atoms with Crippen molar-refractivity contribution in [1.29, 1.82) is 0 Å². The number of aliphatic hydroxyl groups excluding tert-OH is 1. The molecule has 3 nitrogen and oxygen atoms in total. The minimum absolute atomic E-state index is 0.143. The average Bonchev–Trinajstić information content (AvgIpc) is 2.82. The van der Waals surface area contributed by atoms with Crippen LogP contribution in [0.25, 0.3) is 0 Å². The van der Waals surface area contributed by atoms with Gasteiger partial charge in [-0.1, -0.05) is 60.0 Å². The van der Waals surface area contributed by atoms with Crippen LogP contribution in [0, 0.1) is 20.8 Å². The highest BCUT2D eigenvalue weighted by atomic mass is 79.9. The fraction of sp³-hybridized carbons (Fsp3) is 0.714. The molecular weight excluding hydrogens is 576 g/mol. The molecule has 1 N–H and O–H groups in total. The Bertz CT molecular complexity index is 1090.